The van der Waals surface area contributed by atoms with Crippen molar-refractivity contribution < 1.29 is 9.53 Å². The van der Waals surface area contributed by atoms with Crippen LogP contribution in [-0.4, -0.2) is 37.2 Å². The second-order valence-corrected chi connectivity index (χ2v) is 5.82. The molecular formula is C19H19N3O2. The molecule has 1 aliphatic heterocycles. The molecule has 2 aromatic carbocycles. The summed E-state index contributed by atoms with van der Waals surface area (Å²) in [5.74, 6) is -0.104. The van der Waals surface area contributed by atoms with E-state index >= 15 is 0 Å². The van der Waals surface area contributed by atoms with Crippen molar-refractivity contribution in [1.82, 2.24) is 4.98 Å². The Morgan fingerprint density at radius 3 is 2.67 bits per heavy atom. The first-order valence-electron chi connectivity index (χ1n) is 8.12. The number of carbonyl (C=O) groups excluding carboxylic acids is 1. The van der Waals surface area contributed by atoms with Crippen LogP contribution in [-0.2, 0) is 4.74 Å². The second kappa shape index (κ2) is 6.37. The average Bonchev–Trinajstić information content (AvgIpc) is 3.07. The first kappa shape index (κ1) is 14.8. The zero-order valence-electron chi connectivity index (χ0n) is 13.3. The number of para-hydroxylation sites is 3. The van der Waals surface area contributed by atoms with Gasteiger partial charge in [0.15, 0.2) is 0 Å². The molecule has 24 heavy (non-hydrogen) atoms. The number of amides is 1. The number of rotatable bonds is 3. The van der Waals surface area contributed by atoms with Gasteiger partial charge >= 0.3 is 0 Å². The molecule has 1 saturated heterocycles. The lowest BCUT2D eigenvalue weighted by Gasteiger charge is -2.30. The van der Waals surface area contributed by atoms with Gasteiger partial charge in [0.2, 0.25) is 0 Å². The van der Waals surface area contributed by atoms with Crippen molar-refractivity contribution in [3.8, 4) is 0 Å². The van der Waals surface area contributed by atoms with Crippen molar-refractivity contribution in [2.75, 3.05) is 36.5 Å². The van der Waals surface area contributed by atoms with Gasteiger partial charge in [0.25, 0.3) is 5.91 Å². The van der Waals surface area contributed by atoms with Crippen LogP contribution in [0.3, 0.4) is 0 Å². The van der Waals surface area contributed by atoms with Gasteiger partial charge in [-0.1, -0.05) is 30.3 Å². The molecule has 0 radical (unpaired) electrons. The molecule has 122 valence electrons. The lowest BCUT2D eigenvalue weighted by Crippen LogP contribution is -2.36. The number of carbonyl (C=O) groups is 1. The Morgan fingerprint density at radius 1 is 1.04 bits per heavy atom. The molecule has 0 aliphatic carbocycles. The molecule has 1 fully saturated rings. The number of aromatic nitrogens is 1. The van der Waals surface area contributed by atoms with E-state index in [0.29, 0.717) is 18.8 Å². The molecule has 2 N–H and O–H groups in total. The van der Waals surface area contributed by atoms with Gasteiger partial charge < -0.3 is 19.9 Å². The molecule has 4 rings (SSSR count). The molecule has 1 amide bonds. The molecule has 0 bridgehead atoms. The molecule has 1 aliphatic rings. The molecule has 3 aromatic rings. The number of morpholine rings is 1. The minimum atomic E-state index is -0.104. The van der Waals surface area contributed by atoms with Crippen LogP contribution in [0.25, 0.3) is 10.9 Å². The van der Waals surface area contributed by atoms with Crippen molar-refractivity contribution >= 4 is 28.2 Å². The van der Waals surface area contributed by atoms with Crippen LogP contribution in [0.5, 0.6) is 0 Å². The number of benzene rings is 2. The highest BCUT2D eigenvalue weighted by atomic mass is 16.5. The zero-order chi connectivity index (χ0) is 16.4. The summed E-state index contributed by atoms with van der Waals surface area (Å²) >= 11 is 0. The number of nitrogens with zero attached hydrogens (tertiary/aromatic N) is 1. The van der Waals surface area contributed by atoms with Crippen LogP contribution < -0.4 is 10.2 Å². The van der Waals surface area contributed by atoms with E-state index < -0.39 is 0 Å². The number of nitrogens with one attached hydrogen (secondary N) is 2. The van der Waals surface area contributed by atoms with Gasteiger partial charge in [0.1, 0.15) is 0 Å². The van der Waals surface area contributed by atoms with E-state index in [1.54, 1.807) is 6.20 Å². The Bertz CT molecular complexity index is 866. The van der Waals surface area contributed by atoms with Crippen molar-refractivity contribution in [2.45, 2.75) is 0 Å². The summed E-state index contributed by atoms with van der Waals surface area (Å²) in [6.45, 7) is 3.09. The highest BCUT2D eigenvalue weighted by Gasteiger charge is 2.17. The van der Waals surface area contributed by atoms with E-state index in [-0.39, 0.29) is 5.91 Å². The quantitative estimate of drug-likeness (QED) is 0.778. The minimum absolute atomic E-state index is 0.104. The van der Waals surface area contributed by atoms with Crippen molar-refractivity contribution in [2.24, 2.45) is 0 Å². The standard InChI is InChI=1S/C19H19N3O2/c23-19(15-13-20-16-6-2-1-5-14(15)16)21-17-7-3-4-8-18(17)22-9-11-24-12-10-22/h1-8,13,20H,9-12H2,(H,21,23). The molecule has 5 nitrogen and oxygen atoms in total. The number of ether oxygens (including phenoxy) is 1. The van der Waals surface area contributed by atoms with Crippen LogP contribution in [0.1, 0.15) is 10.4 Å². The van der Waals surface area contributed by atoms with E-state index in [2.05, 4.69) is 15.2 Å². The SMILES string of the molecule is O=C(Nc1ccccc1N1CCOCC1)c1c[nH]c2ccccc12. The Morgan fingerprint density at radius 2 is 1.79 bits per heavy atom. The van der Waals surface area contributed by atoms with Gasteiger partial charge in [0.05, 0.1) is 30.2 Å². The first-order valence-corrected chi connectivity index (χ1v) is 8.12. The monoisotopic (exact) mass is 321 g/mol. The number of hydrogen-bond donors (Lipinski definition) is 2. The largest absolute Gasteiger partial charge is 0.378 e. The van der Waals surface area contributed by atoms with E-state index in [4.69, 9.17) is 4.74 Å². The number of H-pyrrole nitrogens is 1. The molecule has 0 spiro atoms. The van der Waals surface area contributed by atoms with Crippen LogP contribution in [0.15, 0.2) is 54.7 Å². The van der Waals surface area contributed by atoms with Gasteiger partial charge in [-0.2, -0.15) is 0 Å². The molecule has 0 unspecified atom stereocenters. The first-order chi connectivity index (χ1) is 11.8. The van der Waals surface area contributed by atoms with Crippen molar-refractivity contribution in [3.63, 3.8) is 0 Å². The molecule has 0 saturated carbocycles. The lowest BCUT2D eigenvalue weighted by molar-refractivity contribution is 0.102. The minimum Gasteiger partial charge on any atom is -0.378 e. The number of aromatic amines is 1. The normalized spacial score (nSPS) is 14.8. The zero-order valence-corrected chi connectivity index (χ0v) is 13.3. The van der Waals surface area contributed by atoms with Gasteiger partial charge in [-0.15, -0.1) is 0 Å². The van der Waals surface area contributed by atoms with Crippen LogP contribution in [0, 0.1) is 0 Å². The fraction of sp³-hybridized carbons (Fsp3) is 0.211. The fourth-order valence-corrected chi connectivity index (χ4v) is 3.11. The lowest BCUT2D eigenvalue weighted by atomic mass is 10.1. The summed E-state index contributed by atoms with van der Waals surface area (Å²) in [5.41, 5.74) is 3.48. The maximum atomic E-state index is 12.7. The Hall–Kier alpha value is -2.79. The van der Waals surface area contributed by atoms with Gasteiger partial charge in [0, 0.05) is 30.2 Å². The number of fused-ring (bicyclic) bond motifs is 1. The summed E-state index contributed by atoms with van der Waals surface area (Å²) in [6, 6.07) is 15.7. The maximum absolute atomic E-state index is 12.7. The third kappa shape index (κ3) is 2.74. The number of anilines is 2. The molecule has 5 heteroatoms. The van der Waals surface area contributed by atoms with Crippen molar-refractivity contribution in [3.05, 3.63) is 60.3 Å². The topological polar surface area (TPSA) is 57.4 Å². The van der Waals surface area contributed by atoms with Crippen LogP contribution in [0.2, 0.25) is 0 Å². The van der Waals surface area contributed by atoms with Crippen LogP contribution >= 0.6 is 0 Å². The average molecular weight is 321 g/mol. The predicted octanol–water partition coefficient (Wildman–Crippen LogP) is 3.26. The Kier molecular flexibility index (Phi) is 3.92. The second-order valence-electron chi connectivity index (χ2n) is 5.82. The van der Waals surface area contributed by atoms with Gasteiger partial charge in [-0.05, 0) is 18.2 Å². The Balaban J connectivity index is 1.62. The number of hydrogen-bond acceptors (Lipinski definition) is 3. The maximum Gasteiger partial charge on any atom is 0.257 e. The highest BCUT2D eigenvalue weighted by molar-refractivity contribution is 6.13. The van der Waals surface area contributed by atoms with E-state index in [1.807, 2.05) is 48.5 Å². The smallest absolute Gasteiger partial charge is 0.257 e. The van der Waals surface area contributed by atoms with E-state index in [0.717, 1.165) is 35.4 Å². The van der Waals surface area contributed by atoms with Gasteiger partial charge in [-0.25, -0.2) is 0 Å². The third-order valence-electron chi connectivity index (χ3n) is 4.34. The van der Waals surface area contributed by atoms with Crippen LogP contribution in [0.4, 0.5) is 11.4 Å². The fourth-order valence-electron chi connectivity index (χ4n) is 3.11. The molecular weight excluding hydrogens is 302 g/mol. The summed E-state index contributed by atoms with van der Waals surface area (Å²) in [7, 11) is 0. The summed E-state index contributed by atoms with van der Waals surface area (Å²) in [4.78, 5) is 18.1. The highest BCUT2D eigenvalue weighted by Crippen LogP contribution is 2.27. The molecule has 0 atom stereocenters. The molecule has 1 aromatic heterocycles. The summed E-state index contributed by atoms with van der Waals surface area (Å²) in [6.07, 6.45) is 1.76. The summed E-state index contributed by atoms with van der Waals surface area (Å²) < 4.78 is 5.42. The summed E-state index contributed by atoms with van der Waals surface area (Å²) in [5, 5.41) is 3.99. The van der Waals surface area contributed by atoms with Crippen molar-refractivity contribution in [1.29, 1.82) is 0 Å². The van der Waals surface area contributed by atoms with E-state index in [1.165, 1.54) is 0 Å². The van der Waals surface area contributed by atoms with Gasteiger partial charge in [-0.3, -0.25) is 4.79 Å². The third-order valence-corrected chi connectivity index (χ3v) is 4.34. The predicted molar refractivity (Wildman–Crippen MR) is 95.7 cm³/mol. The Labute approximate surface area is 140 Å². The van der Waals surface area contributed by atoms with E-state index in [9.17, 15) is 4.79 Å². The molecule has 2 heterocycles.